The number of ketones is 1. The van der Waals surface area contributed by atoms with Crippen molar-refractivity contribution < 1.29 is 9.90 Å². The van der Waals surface area contributed by atoms with Gasteiger partial charge in [0.2, 0.25) is 0 Å². The maximum atomic E-state index is 11.2. The van der Waals surface area contributed by atoms with Crippen LogP contribution in [0.4, 0.5) is 0 Å². The number of carbonyl (C=O) groups is 1. The van der Waals surface area contributed by atoms with Crippen molar-refractivity contribution in [2.75, 3.05) is 0 Å². The number of carbonyl (C=O) groups excluding carboxylic acids is 1. The minimum Gasteiger partial charge on any atom is -0.508 e. The summed E-state index contributed by atoms with van der Waals surface area (Å²) in [4.78, 5) is 15.6. The lowest BCUT2D eigenvalue weighted by atomic mass is 10.1. The number of aromatic nitrogens is 3. The summed E-state index contributed by atoms with van der Waals surface area (Å²) >= 11 is 0. The highest BCUT2D eigenvalue weighted by molar-refractivity contribution is 5.78. The van der Waals surface area contributed by atoms with Gasteiger partial charge in [-0.3, -0.25) is 4.79 Å². The van der Waals surface area contributed by atoms with E-state index >= 15 is 0 Å². The highest BCUT2D eigenvalue weighted by Gasteiger charge is 2.10. The first-order valence-electron chi connectivity index (χ1n) is 8.33. The van der Waals surface area contributed by atoms with Gasteiger partial charge >= 0.3 is 0 Å². The van der Waals surface area contributed by atoms with Gasteiger partial charge in [-0.2, -0.15) is 5.10 Å². The first kappa shape index (κ1) is 16.0. The average Bonchev–Trinajstić information content (AvgIpc) is 3.05. The number of benzene rings is 2. The van der Waals surface area contributed by atoms with Crippen LogP contribution < -0.4 is 0 Å². The Morgan fingerprint density at radius 2 is 1.85 bits per heavy atom. The third-order valence-electron chi connectivity index (χ3n) is 4.21. The van der Waals surface area contributed by atoms with Gasteiger partial charge in [-0.25, -0.2) is 9.50 Å². The molecule has 2 heterocycles. The van der Waals surface area contributed by atoms with Gasteiger partial charge < -0.3 is 5.11 Å². The minimum atomic E-state index is 0.145. The second-order valence-electron chi connectivity index (χ2n) is 6.26. The zero-order chi connectivity index (χ0) is 18.1. The number of fused-ring (bicyclic) bond motifs is 1. The highest BCUT2D eigenvalue weighted by Crippen LogP contribution is 2.25. The molecular weight excluding hydrogens is 326 g/mol. The SMILES string of the molecule is CC(=O)Cc1ccc(-c2ccc3ncc(-c4cccc(O)c4)n3n2)cc1. The number of aromatic hydroxyl groups is 1. The van der Waals surface area contributed by atoms with Crippen LogP contribution in [-0.4, -0.2) is 25.5 Å². The van der Waals surface area contributed by atoms with Crippen molar-refractivity contribution in [3.8, 4) is 28.3 Å². The smallest absolute Gasteiger partial charge is 0.154 e. The summed E-state index contributed by atoms with van der Waals surface area (Å²) in [6.07, 6.45) is 2.19. The van der Waals surface area contributed by atoms with Crippen LogP contribution in [0.1, 0.15) is 12.5 Å². The summed E-state index contributed by atoms with van der Waals surface area (Å²) in [5, 5.41) is 14.4. The minimum absolute atomic E-state index is 0.145. The largest absolute Gasteiger partial charge is 0.508 e. The molecule has 0 radical (unpaired) electrons. The fourth-order valence-corrected chi connectivity index (χ4v) is 2.97. The van der Waals surface area contributed by atoms with E-state index in [0.29, 0.717) is 6.42 Å². The zero-order valence-electron chi connectivity index (χ0n) is 14.3. The molecule has 0 fully saturated rings. The van der Waals surface area contributed by atoms with E-state index in [1.54, 1.807) is 35.8 Å². The Labute approximate surface area is 150 Å². The van der Waals surface area contributed by atoms with E-state index in [0.717, 1.165) is 33.7 Å². The van der Waals surface area contributed by atoms with Gasteiger partial charge in [0.1, 0.15) is 11.5 Å². The molecular formula is C21H17N3O2. The molecule has 0 aliphatic carbocycles. The molecule has 0 saturated heterocycles. The van der Waals surface area contributed by atoms with Crippen LogP contribution in [0.3, 0.4) is 0 Å². The summed E-state index contributed by atoms with van der Waals surface area (Å²) in [5.74, 6) is 0.348. The molecule has 0 unspecified atom stereocenters. The summed E-state index contributed by atoms with van der Waals surface area (Å²) in [6.45, 7) is 1.59. The highest BCUT2D eigenvalue weighted by atomic mass is 16.3. The number of phenolic OH excluding ortho intramolecular Hbond substituents is 1. The fraction of sp³-hybridized carbons (Fsp3) is 0.0952. The molecule has 0 atom stereocenters. The molecule has 4 rings (SSSR count). The number of imidazole rings is 1. The lowest BCUT2D eigenvalue weighted by Crippen LogP contribution is -1.98. The van der Waals surface area contributed by atoms with Crippen molar-refractivity contribution in [2.24, 2.45) is 0 Å². The third kappa shape index (κ3) is 3.07. The van der Waals surface area contributed by atoms with Crippen LogP contribution in [0.25, 0.3) is 28.2 Å². The molecule has 4 aromatic rings. The topological polar surface area (TPSA) is 67.5 Å². The Hall–Kier alpha value is -3.47. The molecule has 0 aliphatic heterocycles. The van der Waals surface area contributed by atoms with Gasteiger partial charge in [-0.1, -0.05) is 36.4 Å². The molecule has 2 aromatic carbocycles. The van der Waals surface area contributed by atoms with Gasteiger partial charge in [0.15, 0.2) is 5.65 Å². The molecule has 128 valence electrons. The molecule has 0 spiro atoms. The molecule has 0 aliphatic rings. The van der Waals surface area contributed by atoms with Crippen LogP contribution in [-0.2, 0) is 11.2 Å². The Morgan fingerprint density at radius 1 is 1.04 bits per heavy atom. The third-order valence-corrected chi connectivity index (χ3v) is 4.21. The molecule has 0 saturated carbocycles. The van der Waals surface area contributed by atoms with Crippen molar-refractivity contribution in [1.29, 1.82) is 0 Å². The first-order valence-corrected chi connectivity index (χ1v) is 8.33. The molecule has 0 bridgehead atoms. The Bertz CT molecular complexity index is 1100. The summed E-state index contributed by atoms with van der Waals surface area (Å²) < 4.78 is 1.77. The van der Waals surface area contributed by atoms with E-state index in [1.165, 1.54) is 0 Å². The summed E-state index contributed by atoms with van der Waals surface area (Å²) in [7, 11) is 0. The second-order valence-corrected chi connectivity index (χ2v) is 6.26. The standard InChI is InChI=1S/C21H17N3O2/c1-14(25)11-15-5-7-16(8-6-15)19-9-10-21-22-13-20(24(21)23-19)17-3-2-4-18(26)12-17/h2-10,12-13,26H,11H2,1H3. The number of Topliss-reactive ketones (excluding diaryl/α,β-unsaturated/α-hetero) is 1. The lowest BCUT2D eigenvalue weighted by Gasteiger charge is -2.06. The average molecular weight is 343 g/mol. The van der Waals surface area contributed by atoms with E-state index in [-0.39, 0.29) is 11.5 Å². The molecule has 26 heavy (non-hydrogen) atoms. The van der Waals surface area contributed by atoms with E-state index < -0.39 is 0 Å². The second kappa shape index (κ2) is 6.44. The van der Waals surface area contributed by atoms with Crippen LogP contribution in [0, 0.1) is 0 Å². The molecule has 0 amide bonds. The predicted molar refractivity (Wildman–Crippen MR) is 99.9 cm³/mol. The molecule has 5 heteroatoms. The van der Waals surface area contributed by atoms with Crippen LogP contribution >= 0.6 is 0 Å². The number of hydrogen-bond acceptors (Lipinski definition) is 4. The van der Waals surface area contributed by atoms with Crippen molar-refractivity contribution in [2.45, 2.75) is 13.3 Å². The van der Waals surface area contributed by atoms with Gasteiger partial charge in [-0.15, -0.1) is 0 Å². The number of phenols is 1. The van der Waals surface area contributed by atoms with Crippen LogP contribution in [0.15, 0.2) is 66.9 Å². The van der Waals surface area contributed by atoms with Gasteiger partial charge in [-0.05, 0) is 36.8 Å². The maximum Gasteiger partial charge on any atom is 0.154 e. The molecule has 1 N–H and O–H groups in total. The monoisotopic (exact) mass is 343 g/mol. The van der Waals surface area contributed by atoms with Crippen molar-refractivity contribution in [3.05, 3.63) is 72.4 Å². The summed E-state index contributed by atoms with van der Waals surface area (Å²) in [5.41, 5.74) is 5.16. The predicted octanol–water partition coefficient (Wildman–Crippen LogP) is 3.90. The van der Waals surface area contributed by atoms with Crippen molar-refractivity contribution >= 4 is 11.4 Å². The zero-order valence-corrected chi connectivity index (χ0v) is 14.3. The Balaban J connectivity index is 1.75. The van der Waals surface area contributed by atoms with Gasteiger partial charge in [0, 0.05) is 17.5 Å². The number of hydrogen-bond donors (Lipinski definition) is 1. The first-order chi connectivity index (χ1) is 12.6. The Morgan fingerprint density at radius 3 is 2.58 bits per heavy atom. The van der Waals surface area contributed by atoms with Gasteiger partial charge in [0.25, 0.3) is 0 Å². The molecule has 5 nitrogen and oxygen atoms in total. The van der Waals surface area contributed by atoms with Crippen LogP contribution in [0.5, 0.6) is 5.75 Å². The van der Waals surface area contributed by atoms with Gasteiger partial charge in [0.05, 0.1) is 17.6 Å². The number of rotatable bonds is 4. The van der Waals surface area contributed by atoms with Crippen molar-refractivity contribution in [1.82, 2.24) is 14.6 Å². The molecule has 2 aromatic heterocycles. The quantitative estimate of drug-likeness (QED) is 0.610. The van der Waals surface area contributed by atoms with E-state index in [9.17, 15) is 9.90 Å². The van der Waals surface area contributed by atoms with E-state index in [2.05, 4.69) is 4.98 Å². The van der Waals surface area contributed by atoms with E-state index in [1.807, 2.05) is 42.5 Å². The normalized spacial score (nSPS) is 11.0. The Kier molecular flexibility index (Phi) is 3.97. The van der Waals surface area contributed by atoms with Crippen molar-refractivity contribution in [3.63, 3.8) is 0 Å². The lowest BCUT2D eigenvalue weighted by molar-refractivity contribution is -0.116. The maximum absolute atomic E-state index is 11.2. The summed E-state index contributed by atoms with van der Waals surface area (Å²) in [6, 6.07) is 18.7. The fourth-order valence-electron chi connectivity index (χ4n) is 2.97. The number of nitrogens with zero attached hydrogens (tertiary/aromatic N) is 3. The van der Waals surface area contributed by atoms with Crippen LogP contribution in [0.2, 0.25) is 0 Å². The van der Waals surface area contributed by atoms with E-state index in [4.69, 9.17) is 5.10 Å².